The zero-order valence-electron chi connectivity index (χ0n) is 10.7. The lowest BCUT2D eigenvalue weighted by Crippen LogP contribution is -2.20. The van der Waals surface area contributed by atoms with Crippen molar-refractivity contribution >= 4 is 16.9 Å². The van der Waals surface area contributed by atoms with E-state index in [-0.39, 0.29) is 0 Å². The summed E-state index contributed by atoms with van der Waals surface area (Å²) in [5, 5.41) is 9.26. The van der Waals surface area contributed by atoms with Crippen molar-refractivity contribution < 1.29 is 0 Å². The summed E-state index contributed by atoms with van der Waals surface area (Å²) in [6.07, 6.45) is 3.06. The molecule has 94 valence electrons. The molecule has 2 heterocycles. The number of amidine groups is 1. The molecule has 4 nitrogen and oxygen atoms in total. The van der Waals surface area contributed by atoms with Gasteiger partial charge in [0.05, 0.1) is 18.8 Å². The lowest BCUT2D eigenvalue weighted by atomic mass is 10.1. The Labute approximate surface area is 107 Å². The standard InChI is InChI=1S/C12H20N4S/c1-9(2)6-11-8-14-12(17-11)13-7-10-4-5-15-16(10)3/h4-5,9,11H,6-8H2,1-3H3,(H,13,14). The highest BCUT2D eigenvalue weighted by Gasteiger charge is 2.20. The maximum absolute atomic E-state index is 4.54. The normalized spacial score (nSPS) is 19.8. The van der Waals surface area contributed by atoms with Crippen LogP contribution < -0.4 is 5.32 Å². The van der Waals surface area contributed by atoms with E-state index in [1.807, 2.05) is 35.8 Å². The van der Waals surface area contributed by atoms with Gasteiger partial charge in [-0.25, -0.2) is 0 Å². The van der Waals surface area contributed by atoms with Gasteiger partial charge in [0.25, 0.3) is 0 Å². The van der Waals surface area contributed by atoms with Crippen LogP contribution in [0.2, 0.25) is 0 Å². The Balaban J connectivity index is 1.77. The fraction of sp³-hybridized carbons (Fsp3) is 0.667. The smallest absolute Gasteiger partial charge is 0.157 e. The summed E-state index contributed by atoms with van der Waals surface area (Å²) in [7, 11) is 1.96. The van der Waals surface area contributed by atoms with Crippen molar-refractivity contribution in [3.8, 4) is 0 Å². The molecule has 1 atom stereocenters. The lowest BCUT2D eigenvalue weighted by Gasteiger charge is -2.11. The number of hydrogen-bond donors (Lipinski definition) is 1. The Morgan fingerprint density at radius 1 is 1.59 bits per heavy atom. The average molecular weight is 252 g/mol. The second-order valence-electron chi connectivity index (χ2n) is 4.81. The van der Waals surface area contributed by atoms with Crippen LogP contribution in [0.1, 0.15) is 26.0 Å². The molecule has 1 aliphatic rings. The molecule has 1 unspecified atom stereocenters. The van der Waals surface area contributed by atoms with Crippen LogP contribution in [0.15, 0.2) is 17.3 Å². The zero-order chi connectivity index (χ0) is 12.3. The maximum Gasteiger partial charge on any atom is 0.157 e. The Bertz CT molecular complexity index is 397. The predicted octanol–water partition coefficient (Wildman–Crippen LogP) is 2.03. The van der Waals surface area contributed by atoms with Gasteiger partial charge in [-0.1, -0.05) is 25.6 Å². The summed E-state index contributed by atoms with van der Waals surface area (Å²) in [6.45, 7) is 6.29. The van der Waals surface area contributed by atoms with Crippen LogP contribution in [0.25, 0.3) is 0 Å². The van der Waals surface area contributed by atoms with Gasteiger partial charge in [-0.15, -0.1) is 0 Å². The molecule has 0 saturated carbocycles. The molecule has 0 amide bonds. The number of hydrogen-bond acceptors (Lipinski definition) is 4. The van der Waals surface area contributed by atoms with E-state index in [2.05, 4.69) is 29.3 Å². The van der Waals surface area contributed by atoms with Crippen LogP contribution >= 0.6 is 11.8 Å². The Hall–Kier alpha value is -0.970. The number of aromatic nitrogens is 2. The van der Waals surface area contributed by atoms with Crippen molar-refractivity contribution in [2.45, 2.75) is 32.1 Å². The minimum atomic E-state index is 0.657. The van der Waals surface area contributed by atoms with E-state index in [0.717, 1.165) is 24.2 Å². The molecule has 0 aromatic carbocycles. The van der Waals surface area contributed by atoms with Crippen molar-refractivity contribution in [2.75, 3.05) is 6.54 Å². The molecule has 1 N–H and O–H groups in total. The zero-order valence-corrected chi connectivity index (χ0v) is 11.5. The number of aryl methyl sites for hydroxylation is 1. The maximum atomic E-state index is 4.54. The van der Waals surface area contributed by atoms with Crippen molar-refractivity contribution in [1.82, 2.24) is 15.1 Å². The van der Waals surface area contributed by atoms with Crippen molar-refractivity contribution in [3.05, 3.63) is 18.0 Å². The minimum Gasteiger partial charge on any atom is -0.359 e. The predicted molar refractivity (Wildman–Crippen MR) is 73.2 cm³/mol. The summed E-state index contributed by atoms with van der Waals surface area (Å²) in [6, 6.07) is 2.03. The molecule has 0 aliphatic carbocycles. The van der Waals surface area contributed by atoms with Crippen LogP contribution in [0.3, 0.4) is 0 Å². The van der Waals surface area contributed by atoms with Crippen LogP contribution in [-0.2, 0) is 13.6 Å². The number of thioether (sulfide) groups is 1. The average Bonchev–Trinajstić information content (AvgIpc) is 2.84. The van der Waals surface area contributed by atoms with Gasteiger partial charge in [0.2, 0.25) is 0 Å². The van der Waals surface area contributed by atoms with Gasteiger partial charge in [0.15, 0.2) is 5.17 Å². The van der Waals surface area contributed by atoms with Crippen LogP contribution in [-0.4, -0.2) is 26.7 Å². The quantitative estimate of drug-likeness (QED) is 0.891. The van der Waals surface area contributed by atoms with E-state index in [9.17, 15) is 0 Å². The van der Waals surface area contributed by atoms with Gasteiger partial charge in [0.1, 0.15) is 0 Å². The highest BCUT2D eigenvalue weighted by Crippen LogP contribution is 2.25. The largest absolute Gasteiger partial charge is 0.359 e. The molecule has 0 radical (unpaired) electrons. The molecule has 0 fully saturated rings. The Kier molecular flexibility index (Phi) is 4.10. The third kappa shape index (κ3) is 3.49. The number of nitrogens with one attached hydrogen (secondary N) is 1. The van der Waals surface area contributed by atoms with E-state index >= 15 is 0 Å². The molecular weight excluding hydrogens is 232 g/mol. The van der Waals surface area contributed by atoms with Gasteiger partial charge in [-0.2, -0.15) is 5.10 Å². The third-order valence-electron chi connectivity index (χ3n) is 2.79. The number of aliphatic imine (C=N–C) groups is 1. The molecule has 1 aliphatic heterocycles. The fourth-order valence-corrected chi connectivity index (χ4v) is 3.15. The summed E-state index contributed by atoms with van der Waals surface area (Å²) in [5.74, 6) is 0.749. The van der Waals surface area contributed by atoms with Crippen molar-refractivity contribution in [2.24, 2.45) is 18.0 Å². The van der Waals surface area contributed by atoms with Crippen molar-refractivity contribution in [1.29, 1.82) is 0 Å². The molecule has 1 aromatic rings. The summed E-state index contributed by atoms with van der Waals surface area (Å²) in [4.78, 5) is 4.54. The van der Waals surface area contributed by atoms with E-state index < -0.39 is 0 Å². The first-order valence-corrected chi connectivity index (χ1v) is 6.95. The van der Waals surface area contributed by atoms with Crippen molar-refractivity contribution in [3.63, 3.8) is 0 Å². The van der Waals surface area contributed by atoms with Gasteiger partial charge < -0.3 is 5.32 Å². The highest BCUT2D eigenvalue weighted by atomic mass is 32.2. The highest BCUT2D eigenvalue weighted by molar-refractivity contribution is 8.14. The fourth-order valence-electron chi connectivity index (χ4n) is 1.90. The molecular formula is C12H20N4S. The number of rotatable bonds is 4. The first kappa shape index (κ1) is 12.5. The Morgan fingerprint density at radius 3 is 3.06 bits per heavy atom. The molecule has 5 heteroatoms. The summed E-state index contributed by atoms with van der Waals surface area (Å²) in [5.41, 5.74) is 1.18. The van der Waals surface area contributed by atoms with E-state index in [1.54, 1.807) is 0 Å². The third-order valence-corrected chi connectivity index (χ3v) is 3.97. The molecule has 0 spiro atoms. The summed E-state index contributed by atoms with van der Waals surface area (Å²) >= 11 is 1.88. The van der Waals surface area contributed by atoms with Crippen LogP contribution in [0.4, 0.5) is 0 Å². The van der Waals surface area contributed by atoms with E-state index in [1.165, 1.54) is 12.1 Å². The lowest BCUT2D eigenvalue weighted by molar-refractivity contribution is 0.575. The molecule has 0 bridgehead atoms. The molecule has 1 aromatic heterocycles. The SMILES string of the molecule is CC(C)CC1CN=C(NCc2ccnn2C)S1. The monoisotopic (exact) mass is 252 g/mol. The first-order chi connectivity index (χ1) is 8.15. The Morgan fingerprint density at radius 2 is 2.41 bits per heavy atom. The second kappa shape index (κ2) is 5.58. The molecule has 17 heavy (non-hydrogen) atoms. The minimum absolute atomic E-state index is 0.657. The summed E-state index contributed by atoms with van der Waals surface area (Å²) < 4.78 is 1.89. The van der Waals surface area contributed by atoms with Gasteiger partial charge in [0, 0.05) is 18.5 Å². The topological polar surface area (TPSA) is 42.2 Å². The van der Waals surface area contributed by atoms with E-state index in [4.69, 9.17) is 0 Å². The second-order valence-corrected chi connectivity index (χ2v) is 6.10. The molecule has 0 saturated heterocycles. The van der Waals surface area contributed by atoms with Crippen LogP contribution in [0.5, 0.6) is 0 Å². The molecule has 2 rings (SSSR count). The van der Waals surface area contributed by atoms with E-state index in [0.29, 0.717) is 5.25 Å². The van der Waals surface area contributed by atoms with Gasteiger partial charge in [-0.05, 0) is 18.4 Å². The van der Waals surface area contributed by atoms with Gasteiger partial charge in [-0.3, -0.25) is 9.67 Å². The van der Waals surface area contributed by atoms with Crippen LogP contribution in [0, 0.1) is 5.92 Å². The van der Waals surface area contributed by atoms with Gasteiger partial charge >= 0.3 is 0 Å². The number of nitrogens with zero attached hydrogens (tertiary/aromatic N) is 3. The first-order valence-electron chi connectivity index (χ1n) is 6.07.